The van der Waals surface area contributed by atoms with Gasteiger partial charge in [0.25, 0.3) is 10.0 Å². The molecule has 26 heavy (non-hydrogen) atoms. The molecule has 0 bridgehead atoms. The van der Waals surface area contributed by atoms with E-state index in [0.717, 1.165) is 35.3 Å². The molecule has 5 nitrogen and oxygen atoms in total. The van der Waals surface area contributed by atoms with E-state index in [1.54, 1.807) is 18.2 Å². The Hall–Kier alpha value is -2.34. The normalized spacial score (nSPS) is 11.8. The fourth-order valence-electron chi connectivity index (χ4n) is 2.82. The average molecular weight is 372 g/mol. The van der Waals surface area contributed by atoms with E-state index in [1.165, 1.54) is 10.3 Å². The van der Waals surface area contributed by atoms with Crippen LogP contribution in [0.3, 0.4) is 0 Å². The van der Waals surface area contributed by atoms with Gasteiger partial charge in [-0.15, -0.1) is 0 Å². The number of rotatable bonds is 6. The van der Waals surface area contributed by atoms with E-state index >= 15 is 0 Å². The highest BCUT2D eigenvalue weighted by Crippen LogP contribution is 2.26. The van der Waals surface area contributed by atoms with Crippen LogP contribution < -0.4 is 4.74 Å². The maximum atomic E-state index is 13.1. The van der Waals surface area contributed by atoms with Crippen LogP contribution in [0, 0.1) is 20.8 Å². The van der Waals surface area contributed by atoms with E-state index in [4.69, 9.17) is 4.74 Å². The minimum absolute atomic E-state index is 0.232. The van der Waals surface area contributed by atoms with Gasteiger partial charge in [0, 0.05) is 0 Å². The van der Waals surface area contributed by atoms with Crippen LogP contribution in [-0.2, 0) is 10.0 Å². The van der Waals surface area contributed by atoms with Crippen LogP contribution in [0.15, 0.2) is 41.6 Å². The smallest absolute Gasteiger partial charge is 0.269 e. The Morgan fingerprint density at radius 2 is 1.77 bits per heavy atom. The molecule has 138 valence electrons. The van der Waals surface area contributed by atoms with Crippen molar-refractivity contribution >= 4 is 21.1 Å². The van der Waals surface area contributed by atoms with Crippen LogP contribution in [0.1, 0.15) is 36.5 Å². The zero-order valence-corrected chi connectivity index (χ0v) is 16.4. The van der Waals surface area contributed by atoms with E-state index < -0.39 is 10.0 Å². The van der Waals surface area contributed by atoms with Crippen molar-refractivity contribution in [1.82, 2.24) is 8.96 Å². The Balaban J connectivity index is 2.01. The van der Waals surface area contributed by atoms with Gasteiger partial charge < -0.3 is 4.74 Å². The molecule has 3 aromatic rings. The Bertz CT molecular complexity index is 1050. The lowest BCUT2D eigenvalue weighted by Gasteiger charge is -2.12. The molecule has 3 rings (SSSR count). The van der Waals surface area contributed by atoms with Gasteiger partial charge in [-0.3, -0.25) is 0 Å². The van der Waals surface area contributed by atoms with E-state index in [1.807, 2.05) is 32.9 Å². The first-order valence-electron chi connectivity index (χ1n) is 8.78. The minimum Gasteiger partial charge on any atom is -0.493 e. The summed E-state index contributed by atoms with van der Waals surface area (Å²) in [5, 5.41) is 0. The van der Waals surface area contributed by atoms with E-state index in [-0.39, 0.29) is 4.90 Å². The fourth-order valence-corrected chi connectivity index (χ4v) is 4.19. The molecule has 0 unspecified atom stereocenters. The predicted molar refractivity (Wildman–Crippen MR) is 103 cm³/mol. The van der Waals surface area contributed by atoms with Gasteiger partial charge in [-0.2, -0.15) is 0 Å². The summed E-state index contributed by atoms with van der Waals surface area (Å²) < 4.78 is 33.2. The third kappa shape index (κ3) is 3.33. The average Bonchev–Trinajstić information content (AvgIpc) is 3.00. The summed E-state index contributed by atoms with van der Waals surface area (Å²) in [7, 11) is -3.72. The molecule has 0 spiro atoms. The number of aryl methyl sites for hydroxylation is 3. The molecule has 0 fully saturated rings. The summed E-state index contributed by atoms with van der Waals surface area (Å²) in [6, 6.07) is 8.75. The molecule has 0 N–H and O–H groups in total. The predicted octanol–water partition coefficient (Wildman–Crippen LogP) is 4.38. The largest absolute Gasteiger partial charge is 0.493 e. The van der Waals surface area contributed by atoms with Crippen molar-refractivity contribution in [3.63, 3.8) is 0 Å². The Morgan fingerprint density at radius 1 is 1.04 bits per heavy atom. The standard InChI is InChI=1S/C20H24N2O3S/c1-5-6-9-25-20-8-7-17(10-16(20)4)26(23,24)22-13-21-18-11-14(2)15(3)12-19(18)22/h7-8,10-13H,5-6,9H2,1-4H3. The first-order chi connectivity index (χ1) is 12.3. The number of nitrogens with zero attached hydrogens (tertiary/aromatic N) is 2. The van der Waals surface area contributed by atoms with Gasteiger partial charge in [0.05, 0.1) is 22.5 Å². The number of benzene rings is 2. The van der Waals surface area contributed by atoms with Gasteiger partial charge in [0.1, 0.15) is 12.1 Å². The van der Waals surface area contributed by atoms with Crippen molar-refractivity contribution in [2.45, 2.75) is 45.4 Å². The summed E-state index contributed by atoms with van der Waals surface area (Å²) in [6.07, 6.45) is 3.40. The van der Waals surface area contributed by atoms with Crippen LogP contribution in [0.5, 0.6) is 5.75 Å². The van der Waals surface area contributed by atoms with Crippen molar-refractivity contribution in [3.05, 3.63) is 53.3 Å². The number of fused-ring (bicyclic) bond motifs is 1. The van der Waals surface area contributed by atoms with Crippen LogP contribution in [0.25, 0.3) is 11.0 Å². The quantitative estimate of drug-likeness (QED) is 0.603. The monoisotopic (exact) mass is 372 g/mol. The van der Waals surface area contributed by atoms with Crippen molar-refractivity contribution in [2.75, 3.05) is 6.61 Å². The maximum absolute atomic E-state index is 13.1. The molecule has 6 heteroatoms. The molecule has 0 aliphatic rings. The van der Waals surface area contributed by atoms with Gasteiger partial charge in [-0.1, -0.05) is 13.3 Å². The van der Waals surface area contributed by atoms with Crippen LogP contribution in [0.4, 0.5) is 0 Å². The molecule has 0 radical (unpaired) electrons. The second kappa shape index (κ2) is 7.11. The number of imidazole rings is 1. The first kappa shape index (κ1) is 18.5. The molecule has 1 heterocycles. The number of unbranched alkanes of at least 4 members (excludes halogenated alkanes) is 1. The molecule has 1 aromatic heterocycles. The maximum Gasteiger partial charge on any atom is 0.269 e. The zero-order chi connectivity index (χ0) is 18.9. The van der Waals surface area contributed by atoms with Gasteiger partial charge in [0.2, 0.25) is 0 Å². The lowest BCUT2D eigenvalue weighted by molar-refractivity contribution is 0.307. The SMILES string of the molecule is CCCCOc1ccc(S(=O)(=O)n2cnc3cc(C)c(C)cc32)cc1C. The summed E-state index contributed by atoms with van der Waals surface area (Å²) in [5.41, 5.74) is 4.19. The molecule has 0 saturated carbocycles. The zero-order valence-electron chi connectivity index (χ0n) is 15.6. The molecule has 0 aliphatic heterocycles. The molecule has 0 aliphatic carbocycles. The Labute approximate surface area is 154 Å². The highest BCUT2D eigenvalue weighted by atomic mass is 32.2. The molecular formula is C20H24N2O3S. The summed E-state index contributed by atoms with van der Waals surface area (Å²) >= 11 is 0. The summed E-state index contributed by atoms with van der Waals surface area (Å²) in [6.45, 7) is 8.55. The third-order valence-electron chi connectivity index (χ3n) is 4.59. The van der Waals surface area contributed by atoms with Crippen molar-refractivity contribution < 1.29 is 13.2 Å². The highest BCUT2D eigenvalue weighted by Gasteiger charge is 2.21. The van der Waals surface area contributed by atoms with Gasteiger partial charge in [-0.25, -0.2) is 17.4 Å². The van der Waals surface area contributed by atoms with Crippen LogP contribution in [-0.4, -0.2) is 24.0 Å². The number of hydrogen-bond donors (Lipinski definition) is 0. The number of ether oxygens (including phenoxy) is 1. The van der Waals surface area contributed by atoms with Gasteiger partial charge in [0.15, 0.2) is 0 Å². The minimum atomic E-state index is -3.72. The molecule has 0 saturated heterocycles. The summed E-state index contributed by atoms with van der Waals surface area (Å²) in [4.78, 5) is 4.49. The third-order valence-corrected chi connectivity index (χ3v) is 6.25. The van der Waals surface area contributed by atoms with Crippen molar-refractivity contribution in [1.29, 1.82) is 0 Å². The molecule has 0 atom stereocenters. The van der Waals surface area contributed by atoms with Gasteiger partial charge in [-0.05, 0) is 74.2 Å². The van der Waals surface area contributed by atoms with Crippen LogP contribution >= 0.6 is 0 Å². The number of aromatic nitrogens is 2. The first-order valence-corrected chi connectivity index (χ1v) is 10.2. The molecule has 2 aromatic carbocycles. The summed E-state index contributed by atoms with van der Waals surface area (Å²) in [5.74, 6) is 0.722. The van der Waals surface area contributed by atoms with E-state index in [9.17, 15) is 8.42 Å². The van der Waals surface area contributed by atoms with Crippen molar-refractivity contribution in [2.24, 2.45) is 0 Å². The number of hydrogen-bond acceptors (Lipinski definition) is 4. The van der Waals surface area contributed by atoms with Crippen molar-refractivity contribution in [3.8, 4) is 5.75 Å². The molecular weight excluding hydrogens is 348 g/mol. The van der Waals surface area contributed by atoms with E-state index in [0.29, 0.717) is 17.6 Å². The Morgan fingerprint density at radius 3 is 2.46 bits per heavy atom. The Kier molecular flexibility index (Phi) is 5.05. The lowest BCUT2D eigenvalue weighted by Crippen LogP contribution is -2.12. The van der Waals surface area contributed by atoms with Gasteiger partial charge >= 0.3 is 0 Å². The topological polar surface area (TPSA) is 61.2 Å². The fraction of sp³-hybridized carbons (Fsp3) is 0.350. The second-order valence-corrected chi connectivity index (χ2v) is 8.41. The second-order valence-electron chi connectivity index (χ2n) is 6.60. The van der Waals surface area contributed by atoms with E-state index in [2.05, 4.69) is 11.9 Å². The molecule has 0 amide bonds. The highest BCUT2D eigenvalue weighted by molar-refractivity contribution is 7.90. The van der Waals surface area contributed by atoms with Crippen LogP contribution in [0.2, 0.25) is 0 Å². The lowest BCUT2D eigenvalue weighted by atomic mass is 10.1.